The molecule has 114 valence electrons. The lowest BCUT2D eigenvalue weighted by Crippen LogP contribution is -2.31. The predicted octanol–water partition coefficient (Wildman–Crippen LogP) is 4.24. The number of unbranched alkanes of at least 4 members (excludes halogenated alkanes) is 5. The van der Waals surface area contributed by atoms with Crippen molar-refractivity contribution in [3.63, 3.8) is 0 Å². The van der Waals surface area contributed by atoms with Crippen molar-refractivity contribution in [2.24, 2.45) is 0 Å². The maximum Gasteiger partial charge on any atom is 0.0466 e. The van der Waals surface area contributed by atoms with Crippen LogP contribution in [0.3, 0.4) is 0 Å². The molecule has 0 aliphatic heterocycles. The third-order valence-electron chi connectivity index (χ3n) is 3.85. The van der Waals surface area contributed by atoms with E-state index in [1.54, 1.807) is 0 Å². The molecule has 0 bridgehead atoms. The number of likely N-dealkylation sites (N-methyl/N-ethyl adjacent to an activating group) is 1. The Morgan fingerprint density at radius 1 is 0.950 bits per heavy atom. The average Bonchev–Trinajstić information content (AvgIpc) is 2.46. The van der Waals surface area contributed by atoms with E-state index in [0.717, 1.165) is 13.1 Å². The Labute approximate surface area is 125 Å². The van der Waals surface area contributed by atoms with Gasteiger partial charge in [-0.2, -0.15) is 0 Å². The molecular formula is C18H32N2. The number of nitrogens with one attached hydrogen (secondary N) is 1. The van der Waals surface area contributed by atoms with Gasteiger partial charge in [0.05, 0.1) is 0 Å². The molecule has 0 spiro atoms. The van der Waals surface area contributed by atoms with Gasteiger partial charge in [0, 0.05) is 12.6 Å². The van der Waals surface area contributed by atoms with Gasteiger partial charge in [-0.1, -0.05) is 69.4 Å². The van der Waals surface area contributed by atoms with Gasteiger partial charge in [0.15, 0.2) is 0 Å². The maximum atomic E-state index is 3.61. The second kappa shape index (κ2) is 10.9. The zero-order valence-corrected chi connectivity index (χ0v) is 13.6. The highest BCUT2D eigenvalue weighted by Gasteiger charge is 2.12. The Kier molecular flexibility index (Phi) is 9.35. The minimum Gasteiger partial charge on any atom is -0.315 e. The van der Waals surface area contributed by atoms with Crippen molar-refractivity contribution < 1.29 is 0 Å². The molecule has 2 nitrogen and oxygen atoms in total. The van der Waals surface area contributed by atoms with Crippen LogP contribution < -0.4 is 5.32 Å². The van der Waals surface area contributed by atoms with Crippen molar-refractivity contribution in [1.29, 1.82) is 0 Å². The largest absolute Gasteiger partial charge is 0.315 e. The van der Waals surface area contributed by atoms with Crippen LogP contribution in [-0.2, 0) is 0 Å². The van der Waals surface area contributed by atoms with E-state index < -0.39 is 0 Å². The Hall–Kier alpha value is -0.860. The first-order chi connectivity index (χ1) is 9.75. The molecule has 1 N–H and O–H groups in total. The Balaban J connectivity index is 2.18. The molecular weight excluding hydrogens is 244 g/mol. The van der Waals surface area contributed by atoms with E-state index in [9.17, 15) is 0 Å². The first-order valence-corrected chi connectivity index (χ1v) is 8.17. The van der Waals surface area contributed by atoms with Gasteiger partial charge < -0.3 is 10.2 Å². The summed E-state index contributed by atoms with van der Waals surface area (Å²) in [4.78, 5) is 2.30. The van der Waals surface area contributed by atoms with Crippen molar-refractivity contribution in [1.82, 2.24) is 10.2 Å². The lowest BCUT2D eigenvalue weighted by molar-refractivity contribution is 0.288. The molecule has 0 aliphatic carbocycles. The molecule has 20 heavy (non-hydrogen) atoms. The molecule has 1 unspecified atom stereocenters. The second-order valence-corrected chi connectivity index (χ2v) is 5.86. The van der Waals surface area contributed by atoms with E-state index in [1.165, 1.54) is 44.1 Å². The van der Waals surface area contributed by atoms with E-state index in [-0.39, 0.29) is 0 Å². The summed E-state index contributed by atoms with van der Waals surface area (Å²) >= 11 is 0. The van der Waals surface area contributed by atoms with Crippen LogP contribution in [0.15, 0.2) is 30.3 Å². The van der Waals surface area contributed by atoms with Crippen LogP contribution in [0, 0.1) is 0 Å². The highest BCUT2D eigenvalue weighted by Crippen LogP contribution is 2.16. The minimum atomic E-state index is 0.469. The van der Waals surface area contributed by atoms with E-state index in [4.69, 9.17) is 0 Å². The van der Waals surface area contributed by atoms with Gasteiger partial charge >= 0.3 is 0 Å². The van der Waals surface area contributed by atoms with Gasteiger partial charge in [-0.15, -0.1) is 0 Å². The summed E-state index contributed by atoms with van der Waals surface area (Å²) in [6, 6.07) is 11.2. The molecule has 0 radical (unpaired) electrons. The molecule has 0 aliphatic rings. The van der Waals surface area contributed by atoms with Crippen LogP contribution in [-0.4, -0.2) is 32.1 Å². The summed E-state index contributed by atoms with van der Waals surface area (Å²) < 4.78 is 0. The lowest BCUT2D eigenvalue weighted by atomic mass is 10.1. The SMILES string of the molecule is CCCCCCCCNCC(c1ccccc1)N(C)C. The van der Waals surface area contributed by atoms with Crippen molar-refractivity contribution in [3.05, 3.63) is 35.9 Å². The summed E-state index contributed by atoms with van der Waals surface area (Å²) in [5, 5.41) is 3.61. The summed E-state index contributed by atoms with van der Waals surface area (Å²) in [7, 11) is 4.31. The van der Waals surface area contributed by atoms with Crippen LogP contribution >= 0.6 is 0 Å². The van der Waals surface area contributed by atoms with Gasteiger partial charge in [-0.25, -0.2) is 0 Å². The fourth-order valence-electron chi connectivity index (χ4n) is 2.54. The third-order valence-corrected chi connectivity index (χ3v) is 3.85. The Morgan fingerprint density at radius 2 is 1.60 bits per heavy atom. The smallest absolute Gasteiger partial charge is 0.0466 e. The number of benzene rings is 1. The number of hydrogen-bond donors (Lipinski definition) is 1. The minimum absolute atomic E-state index is 0.469. The van der Waals surface area contributed by atoms with Gasteiger partial charge in [0.1, 0.15) is 0 Å². The van der Waals surface area contributed by atoms with Gasteiger partial charge in [0.25, 0.3) is 0 Å². The van der Waals surface area contributed by atoms with Crippen LogP contribution in [0.1, 0.15) is 57.1 Å². The van der Waals surface area contributed by atoms with Gasteiger partial charge in [0.2, 0.25) is 0 Å². The molecule has 1 atom stereocenters. The summed E-state index contributed by atoms with van der Waals surface area (Å²) in [6.07, 6.45) is 8.19. The van der Waals surface area contributed by atoms with E-state index >= 15 is 0 Å². The summed E-state index contributed by atoms with van der Waals surface area (Å²) in [5.41, 5.74) is 1.40. The van der Waals surface area contributed by atoms with Crippen molar-refractivity contribution >= 4 is 0 Å². The molecule has 0 saturated carbocycles. The Morgan fingerprint density at radius 3 is 2.25 bits per heavy atom. The fourth-order valence-corrected chi connectivity index (χ4v) is 2.54. The first-order valence-electron chi connectivity index (χ1n) is 8.17. The number of rotatable bonds is 11. The number of nitrogens with zero attached hydrogens (tertiary/aromatic N) is 1. The molecule has 0 heterocycles. The molecule has 0 saturated heterocycles. The quantitative estimate of drug-likeness (QED) is 0.608. The summed E-state index contributed by atoms with van der Waals surface area (Å²) in [5.74, 6) is 0. The average molecular weight is 276 g/mol. The molecule has 0 amide bonds. The monoisotopic (exact) mass is 276 g/mol. The van der Waals surface area contributed by atoms with E-state index in [2.05, 4.69) is 61.6 Å². The highest BCUT2D eigenvalue weighted by molar-refractivity contribution is 5.19. The fraction of sp³-hybridized carbons (Fsp3) is 0.667. The first kappa shape index (κ1) is 17.2. The van der Waals surface area contributed by atoms with Crippen LogP contribution in [0.25, 0.3) is 0 Å². The molecule has 1 aromatic rings. The van der Waals surface area contributed by atoms with Crippen LogP contribution in [0.5, 0.6) is 0 Å². The molecule has 1 rings (SSSR count). The molecule has 0 fully saturated rings. The summed E-state index contributed by atoms with van der Waals surface area (Å²) in [6.45, 7) is 4.45. The van der Waals surface area contributed by atoms with E-state index in [0.29, 0.717) is 6.04 Å². The molecule has 0 aromatic heterocycles. The van der Waals surface area contributed by atoms with Crippen molar-refractivity contribution in [2.45, 2.75) is 51.5 Å². The van der Waals surface area contributed by atoms with Crippen LogP contribution in [0.2, 0.25) is 0 Å². The zero-order chi connectivity index (χ0) is 14.6. The highest BCUT2D eigenvalue weighted by atomic mass is 15.1. The zero-order valence-electron chi connectivity index (χ0n) is 13.6. The third kappa shape index (κ3) is 7.06. The van der Waals surface area contributed by atoms with Gasteiger partial charge in [-0.05, 0) is 32.6 Å². The maximum absolute atomic E-state index is 3.61. The molecule has 1 aromatic carbocycles. The second-order valence-electron chi connectivity index (χ2n) is 5.86. The standard InChI is InChI=1S/C18H32N2/c1-4-5-6-7-8-12-15-19-16-18(20(2)3)17-13-10-9-11-14-17/h9-11,13-14,18-19H,4-8,12,15-16H2,1-3H3. The lowest BCUT2D eigenvalue weighted by Gasteiger charge is -2.25. The van der Waals surface area contributed by atoms with Crippen molar-refractivity contribution in [3.8, 4) is 0 Å². The Bertz CT molecular complexity index is 321. The normalized spacial score (nSPS) is 12.8. The predicted molar refractivity (Wildman–Crippen MR) is 89.1 cm³/mol. The number of hydrogen-bond acceptors (Lipinski definition) is 2. The van der Waals surface area contributed by atoms with Gasteiger partial charge in [-0.3, -0.25) is 0 Å². The van der Waals surface area contributed by atoms with E-state index in [1.807, 2.05) is 0 Å². The topological polar surface area (TPSA) is 15.3 Å². The van der Waals surface area contributed by atoms with Crippen LogP contribution in [0.4, 0.5) is 0 Å². The molecule has 2 heteroatoms. The van der Waals surface area contributed by atoms with Crippen molar-refractivity contribution in [2.75, 3.05) is 27.2 Å².